The molecule has 106 valence electrons. The van der Waals surface area contributed by atoms with Gasteiger partial charge in [-0.1, -0.05) is 11.6 Å². The molecular weight excluding hydrogens is 292 g/mol. The van der Waals surface area contributed by atoms with Gasteiger partial charge in [-0.05, 0) is 0 Å². The van der Waals surface area contributed by atoms with Gasteiger partial charge in [-0.2, -0.15) is 4.31 Å². The number of hydrogen-bond donors (Lipinski definition) is 1. The fraction of sp³-hybridized carbons (Fsp3) is 0.600. The first-order valence-corrected chi connectivity index (χ1v) is 7.96. The number of nitrogens with zero attached hydrogens (tertiary/aromatic N) is 4. The van der Waals surface area contributed by atoms with E-state index in [1.165, 1.54) is 16.9 Å². The van der Waals surface area contributed by atoms with Gasteiger partial charge in [0.1, 0.15) is 17.3 Å². The maximum atomic E-state index is 11.4. The Labute approximate surface area is 116 Å². The summed E-state index contributed by atoms with van der Waals surface area (Å²) in [7, 11) is -3.16. The smallest absolute Gasteiger partial charge is 0.211 e. The molecule has 1 aromatic rings. The fourth-order valence-electron chi connectivity index (χ4n) is 2.02. The van der Waals surface area contributed by atoms with Crippen molar-refractivity contribution in [3.8, 4) is 0 Å². The molecule has 1 aliphatic rings. The van der Waals surface area contributed by atoms with Gasteiger partial charge in [-0.3, -0.25) is 0 Å². The lowest BCUT2D eigenvalue weighted by Crippen LogP contribution is -2.48. The van der Waals surface area contributed by atoms with Crippen LogP contribution in [0.3, 0.4) is 0 Å². The van der Waals surface area contributed by atoms with Crippen LogP contribution in [0.5, 0.6) is 0 Å². The van der Waals surface area contributed by atoms with E-state index in [0.717, 1.165) is 0 Å². The molecule has 9 heteroatoms. The van der Waals surface area contributed by atoms with Crippen molar-refractivity contribution in [3.05, 3.63) is 17.0 Å². The third-order valence-electron chi connectivity index (χ3n) is 3.04. The van der Waals surface area contributed by atoms with Crippen LogP contribution in [0.4, 0.5) is 5.82 Å². The van der Waals surface area contributed by atoms with Gasteiger partial charge in [-0.25, -0.2) is 18.4 Å². The lowest BCUT2D eigenvalue weighted by molar-refractivity contribution is 0.280. The van der Waals surface area contributed by atoms with Crippen LogP contribution in [0, 0.1) is 0 Å². The number of aliphatic hydroxyl groups is 1. The maximum absolute atomic E-state index is 11.4. The molecule has 1 aliphatic heterocycles. The summed E-state index contributed by atoms with van der Waals surface area (Å²) in [5.74, 6) is 0.565. The first-order valence-electron chi connectivity index (χ1n) is 5.74. The molecule has 1 N–H and O–H groups in total. The molecule has 1 fully saturated rings. The summed E-state index contributed by atoms with van der Waals surface area (Å²) in [5, 5.41) is 9.53. The van der Waals surface area contributed by atoms with E-state index in [9.17, 15) is 13.5 Å². The standard InChI is InChI=1S/C10H15ClN4O3S/c1-19(17,18)15-4-2-14(3-5-15)10-8(6-16)9(11)12-7-13-10/h7,16H,2-6H2,1H3. The van der Waals surface area contributed by atoms with E-state index in [-0.39, 0.29) is 11.8 Å². The molecule has 0 aromatic carbocycles. The van der Waals surface area contributed by atoms with Crippen molar-refractivity contribution < 1.29 is 13.5 Å². The average molecular weight is 307 g/mol. The third kappa shape index (κ3) is 3.14. The highest BCUT2D eigenvalue weighted by Crippen LogP contribution is 2.24. The molecule has 1 saturated heterocycles. The molecule has 0 saturated carbocycles. The fourth-order valence-corrected chi connectivity index (χ4v) is 3.04. The zero-order valence-electron chi connectivity index (χ0n) is 10.5. The Bertz CT molecular complexity index is 558. The Kier molecular flexibility index (Phi) is 4.24. The van der Waals surface area contributed by atoms with Gasteiger partial charge >= 0.3 is 0 Å². The van der Waals surface area contributed by atoms with Gasteiger partial charge in [0, 0.05) is 26.2 Å². The number of sulfonamides is 1. The highest BCUT2D eigenvalue weighted by atomic mass is 35.5. The van der Waals surface area contributed by atoms with Crippen molar-refractivity contribution >= 4 is 27.4 Å². The van der Waals surface area contributed by atoms with Crippen LogP contribution < -0.4 is 4.90 Å². The molecular formula is C10H15ClN4O3S. The predicted molar refractivity (Wildman–Crippen MR) is 71.6 cm³/mol. The Balaban J connectivity index is 2.16. The second kappa shape index (κ2) is 5.58. The van der Waals surface area contributed by atoms with Crippen molar-refractivity contribution in [1.29, 1.82) is 0 Å². The first kappa shape index (κ1) is 14.4. The molecule has 0 amide bonds. The number of hydrogen-bond acceptors (Lipinski definition) is 6. The van der Waals surface area contributed by atoms with Crippen LogP contribution in [-0.2, 0) is 16.6 Å². The summed E-state index contributed by atoms with van der Waals surface area (Å²) in [6, 6.07) is 0. The van der Waals surface area contributed by atoms with Crippen molar-refractivity contribution in [1.82, 2.24) is 14.3 Å². The zero-order valence-corrected chi connectivity index (χ0v) is 12.0. The molecule has 0 spiro atoms. The minimum atomic E-state index is -3.16. The second-order valence-corrected chi connectivity index (χ2v) is 6.61. The minimum absolute atomic E-state index is 0.220. The SMILES string of the molecule is CS(=O)(=O)N1CCN(c2ncnc(Cl)c2CO)CC1. The summed E-state index contributed by atoms with van der Waals surface area (Å²) in [4.78, 5) is 9.85. The molecule has 0 bridgehead atoms. The van der Waals surface area contributed by atoms with Gasteiger partial charge in [-0.15, -0.1) is 0 Å². The van der Waals surface area contributed by atoms with E-state index in [2.05, 4.69) is 9.97 Å². The minimum Gasteiger partial charge on any atom is -0.391 e. The third-order valence-corrected chi connectivity index (χ3v) is 4.66. The Morgan fingerprint density at radius 2 is 1.95 bits per heavy atom. The Morgan fingerprint density at radius 1 is 1.32 bits per heavy atom. The average Bonchev–Trinajstić information content (AvgIpc) is 2.37. The second-order valence-electron chi connectivity index (χ2n) is 4.27. The number of aliphatic hydroxyl groups excluding tert-OH is 1. The molecule has 2 heterocycles. The van der Waals surface area contributed by atoms with Crippen molar-refractivity contribution in [2.45, 2.75) is 6.61 Å². The van der Waals surface area contributed by atoms with E-state index >= 15 is 0 Å². The quantitative estimate of drug-likeness (QED) is 0.772. The molecule has 0 radical (unpaired) electrons. The number of rotatable bonds is 3. The number of halogens is 1. The van der Waals surface area contributed by atoms with Crippen LogP contribution in [0.15, 0.2) is 6.33 Å². The van der Waals surface area contributed by atoms with Gasteiger partial charge < -0.3 is 10.0 Å². The summed E-state index contributed by atoms with van der Waals surface area (Å²) in [5.41, 5.74) is 0.469. The first-order chi connectivity index (χ1) is 8.93. The van der Waals surface area contributed by atoms with Gasteiger partial charge in [0.05, 0.1) is 18.4 Å². The van der Waals surface area contributed by atoms with Gasteiger partial charge in [0.25, 0.3) is 0 Å². The highest BCUT2D eigenvalue weighted by Gasteiger charge is 2.25. The maximum Gasteiger partial charge on any atom is 0.211 e. The molecule has 1 aromatic heterocycles. The van der Waals surface area contributed by atoms with Crippen LogP contribution in [0.25, 0.3) is 0 Å². The van der Waals surface area contributed by atoms with Crippen LogP contribution >= 0.6 is 11.6 Å². The number of anilines is 1. The van der Waals surface area contributed by atoms with Gasteiger partial charge in [0.15, 0.2) is 0 Å². The normalized spacial score (nSPS) is 17.7. The molecule has 7 nitrogen and oxygen atoms in total. The summed E-state index contributed by atoms with van der Waals surface area (Å²) >= 11 is 5.91. The van der Waals surface area contributed by atoms with Crippen molar-refractivity contribution in [2.24, 2.45) is 0 Å². The van der Waals surface area contributed by atoms with Crippen LogP contribution in [-0.4, -0.2) is 60.2 Å². The van der Waals surface area contributed by atoms with E-state index < -0.39 is 10.0 Å². The Hall–Kier alpha value is -0.960. The van der Waals surface area contributed by atoms with E-state index in [4.69, 9.17) is 11.6 Å². The molecule has 0 atom stereocenters. The van der Waals surface area contributed by atoms with E-state index in [1.54, 1.807) is 0 Å². The van der Waals surface area contributed by atoms with Crippen LogP contribution in [0.1, 0.15) is 5.56 Å². The monoisotopic (exact) mass is 306 g/mol. The van der Waals surface area contributed by atoms with Crippen molar-refractivity contribution in [2.75, 3.05) is 37.3 Å². The van der Waals surface area contributed by atoms with E-state index in [1.807, 2.05) is 4.90 Å². The number of piperazine rings is 1. The molecule has 0 aliphatic carbocycles. The summed E-state index contributed by atoms with van der Waals surface area (Å²) in [6.07, 6.45) is 2.53. The molecule has 0 unspecified atom stereocenters. The largest absolute Gasteiger partial charge is 0.391 e. The number of aromatic nitrogens is 2. The summed E-state index contributed by atoms with van der Waals surface area (Å²) in [6.45, 7) is 1.55. The zero-order chi connectivity index (χ0) is 14.0. The van der Waals surface area contributed by atoms with Crippen molar-refractivity contribution in [3.63, 3.8) is 0 Å². The molecule has 2 rings (SSSR count). The molecule has 19 heavy (non-hydrogen) atoms. The van der Waals surface area contributed by atoms with E-state index in [0.29, 0.717) is 37.6 Å². The topological polar surface area (TPSA) is 86.6 Å². The van der Waals surface area contributed by atoms with Gasteiger partial charge in [0.2, 0.25) is 10.0 Å². The summed E-state index contributed by atoms with van der Waals surface area (Å²) < 4.78 is 24.3. The predicted octanol–water partition coefficient (Wildman–Crippen LogP) is -0.296. The lowest BCUT2D eigenvalue weighted by atomic mass is 10.2. The van der Waals surface area contributed by atoms with Crippen LogP contribution in [0.2, 0.25) is 5.15 Å². The Morgan fingerprint density at radius 3 is 2.47 bits per heavy atom. The highest BCUT2D eigenvalue weighted by molar-refractivity contribution is 7.88. The lowest BCUT2D eigenvalue weighted by Gasteiger charge is -2.34.